The number of benzene rings is 2. The fourth-order valence-electron chi connectivity index (χ4n) is 3.33. The SMILES string of the molecule is CCc1ccnc(NC(c2ccccc2Cl)c2ccc3cccnc3c2O)c1. The maximum absolute atomic E-state index is 11.0. The number of anilines is 1. The van der Waals surface area contributed by atoms with E-state index < -0.39 is 0 Å². The Morgan fingerprint density at radius 1 is 0.964 bits per heavy atom. The Hall–Kier alpha value is -3.11. The number of phenolic OH excluding ortho intramolecular Hbond substituents is 1. The van der Waals surface area contributed by atoms with Gasteiger partial charge in [-0.3, -0.25) is 4.98 Å². The molecule has 5 heteroatoms. The number of aromatic hydroxyl groups is 1. The van der Waals surface area contributed by atoms with Gasteiger partial charge >= 0.3 is 0 Å². The van der Waals surface area contributed by atoms with Crippen LogP contribution in [-0.2, 0) is 6.42 Å². The summed E-state index contributed by atoms with van der Waals surface area (Å²) in [5.74, 6) is 0.868. The van der Waals surface area contributed by atoms with Crippen molar-refractivity contribution in [1.29, 1.82) is 0 Å². The van der Waals surface area contributed by atoms with Crippen molar-refractivity contribution in [1.82, 2.24) is 9.97 Å². The zero-order valence-electron chi connectivity index (χ0n) is 15.4. The Morgan fingerprint density at radius 3 is 2.64 bits per heavy atom. The van der Waals surface area contributed by atoms with Crippen molar-refractivity contribution in [2.24, 2.45) is 0 Å². The molecule has 0 saturated heterocycles. The summed E-state index contributed by atoms with van der Waals surface area (Å²) in [5, 5.41) is 15.9. The second kappa shape index (κ2) is 7.87. The number of aryl methyl sites for hydroxylation is 1. The molecule has 0 aliphatic carbocycles. The molecule has 140 valence electrons. The Bertz CT molecular complexity index is 1130. The predicted molar refractivity (Wildman–Crippen MR) is 114 cm³/mol. The zero-order valence-corrected chi connectivity index (χ0v) is 16.2. The van der Waals surface area contributed by atoms with Crippen LogP contribution in [0, 0.1) is 0 Å². The smallest absolute Gasteiger partial charge is 0.147 e. The van der Waals surface area contributed by atoms with Crippen molar-refractivity contribution >= 4 is 28.3 Å². The molecule has 4 aromatic rings. The summed E-state index contributed by atoms with van der Waals surface area (Å²) in [5.41, 5.74) is 3.30. The lowest BCUT2D eigenvalue weighted by Crippen LogP contribution is -2.14. The van der Waals surface area contributed by atoms with Gasteiger partial charge in [0.05, 0.1) is 6.04 Å². The molecule has 0 saturated carbocycles. The van der Waals surface area contributed by atoms with Crippen LogP contribution in [0.2, 0.25) is 5.02 Å². The minimum Gasteiger partial charge on any atom is -0.505 e. The number of hydrogen-bond donors (Lipinski definition) is 2. The van der Waals surface area contributed by atoms with Crippen LogP contribution in [0.15, 0.2) is 73.1 Å². The van der Waals surface area contributed by atoms with Gasteiger partial charge in [0.2, 0.25) is 0 Å². The third-order valence-corrected chi connectivity index (χ3v) is 5.18. The molecule has 0 aliphatic rings. The van der Waals surface area contributed by atoms with Gasteiger partial charge in [-0.05, 0) is 41.8 Å². The van der Waals surface area contributed by atoms with Crippen LogP contribution >= 0.6 is 11.6 Å². The maximum atomic E-state index is 11.0. The second-order valence-electron chi connectivity index (χ2n) is 6.58. The number of phenols is 1. The van der Waals surface area contributed by atoms with E-state index in [4.69, 9.17) is 11.6 Å². The second-order valence-corrected chi connectivity index (χ2v) is 6.99. The van der Waals surface area contributed by atoms with Crippen molar-refractivity contribution in [3.63, 3.8) is 0 Å². The number of nitrogens with one attached hydrogen (secondary N) is 1. The molecule has 4 nitrogen and oxygen atoms in total. The number of fused-ring (bicyclic) bond motifs is 1. The molecule has 2 heterocycles. The Labute approximate surface area is 168 Å². The van der Waals surface area contributed by atoms with E-state index in [1.807, 2.05) is 60.7 Å². The highest BCUT2D eigenvalue weighted by molar-refractivity contribution is 6.31. The molecule has 1 unspecified atom stereocenters. The molecule has 0 spiro atoms. The average molecular weight is 390 g/mol. The maximum Gasteiger partial charge on any atom is 0.147 e. The molecule has 2 aromatic heterocycles. The van der Waals surface area contributed by atoms with Gasteiger partial charge in [-0.15, -0.1) is 0 Å². The van der Waals surface area contributed by atoms with Gasteiger partial charge in [-0.1, -0.05) is 54.9 Å². The number of rotatable bonds is 5. The van der Waals surface area contributed by atoms with Crippen molar-refractivity contribution in [2.75, 3.05) is 5.32 Å². The lowest BCUT2D eigenvalue weighted by Gasteiger charge is -2.23. The largest absolute Gasteiger partial charge is 0.505 e. The normalized spacial score (nSPS) is 12.1. The summed E-state index contributed by atoms with van der Waals surface area (Å²) < 4.78 is 0. The highest BCUT2D eigenvalue weighted by Crippen LogP contribution is 2.38. The highest BCUT2D eigenvalue weighted by atomic mass is 35.5. The number of halogens is 1. The fraction of sp³-hybridized carbons (Fsp3) is 0.130. The van der Waals surface area contributed by atoms with E-state index in [1.54, 1.807) is 12.4 Å². The quantitative estimate of drug-likeness (QED) is 0.456. The van der Waals surface area contributed by atoms with E-state index in [0.29, 0.717) is 16.1 Å². The molecule has 2 aromatic carbocycles. The summed E-state index contributed by atoms with van der Waals surface area (Å²) in [7, 11) is 0. The summed E-state index contributed by atoms with van der Waals surface area (Å²) in [6.07, 6.45) is 4.38. The lowest BCUT2D eigenvalue weighted by molar-refractivity contribution is 0.471. The van der Waals surface area contributed by atoms with Gasteiger partial charge in [0.1, 0.15) is 17.1 Å². The molecule has 2 N–H and O–H groups in total. The molecule has 28 heavy (non-hydrogen) atoms. The third kappa shape index (κ3) is 3.51. The summed E-state index contributed by atoms with van der Waals surface area (Å²) >= 11 is 6.51. The summed E-state index contributed by atoms with van der Waals surface area (Å²) in [6.45, 7) is 2.10. The van der Waals surface area contributed by atoms with E-state index in [9.17, 15) is 5.11 Å². The molecular weight excluding hydrogens is 370 g/mol. The van der Waals surface area contributed by atoms with Crippen LogP contribution in [0.5, 0.6) is 5.75 Å². The Morgan fingerprint density at radius 2 is 1.82 bits per heavy atom. The Kier molecular flexibility index (Phi) is 5.13. The molecule has 0 aliphatic heterocycles. The van der Waals surface area contributed by atoms with Crippen molar-refractivity contribution in [2.45, 2.75) is 19.4 Å². The number of pyridine rings is 2. The van der Waals surface area contributed by atoms with E-state index in [1.165, 1.54) is 5.56 Å². The first-order valence-corrected chi connectivity index (χ1v) is 9.57. The van der Waals surface area contributed by atoms with Crippen LogP contribution in [0.4, 0.5) is 5.82 Å². The van der Waals surface area contributed by atoms with E-state index in [0.717, 1.165) is 23.2 Å². The first-order valence-electron chi connectivity index (χ1n) is 9.20. The molecular formula is C23H20ClN3O. The lowest BCUT2D eigenvalue weighted by atomic mass is 9.96. The van der Waals surface area contributed by atoms with Crippen LogP contribution in [-0.4, -0.2) is 15.1 Å². The van der Waals surface area contributed by atoms with Crippen molar-refractivity contribution < 1.29 is 5.11 Å². The molecule has 0 amide bonds. The number of aromatic nitrogens is 2. The molecule has 1 atom stereocenters. The minimum absolute atomic E-state index is 0.141. The number of nitrogens with zero attached hydrogens (tertiary/aromatic N) is 2. The van der Waals surface area contributed by atoms with Crippen molar-refractivity contribution in [3.8, 4) is 5.75 Å². The van der Waals surface area contributed by atoms with Gasteiger partial charge in [0, 0.05) is 28.4 Å². The van der Waals surface area contributed by atoms with Crippen molar-refractivity contribution in [3.05, 3.63) is 94.8 Å². The van der Waals surface area contributed by atoms with Crippen LogP contribution in [0.25, 0.3) is 10.9 Å². The molecule has 0 fully saturated rings. The van der Waals surface area contributed by atoms with Gasteiger partial charge < -0.3 is 10.4 Å². The minimum atomic E-state index is -0.375. The topological polar surface area (TPSA) is 58.0 Å². The van der Waals surface area contributed by atoms with Gasteiger partial charge in [0.15, 0.2) is 0 Å². The third-order valence-electron chi connectivity index (χ3n) is 4.83. The summed E-state index contributed by atoms with van der Waals surface area (Å²) in [4.78, 5) is 8.80. The fourth-order valence-corrected chi connectivity index (χ4v) is 3.58. The van der Waals surface area contributed by atoms with E-state index in [2.05, 4.69) is 22.2 Å². The molecule has 4 rings (SSSR count). The summed E-state index contributed by atoms with van der Waals surface area (Å²) in [6, 6.07) is 18.9. The van der Waals surface area contributed by atoms with Gasteiger partial charge in [-0.25, -0.2) is 4.98 Å². The highest BCUT2D eigenvalue weighted by Gasteiger charge is 2.22. The monoisotopic (exact) mass is 389 g/mol. The van der Waals surface area contributed by atoms with Gasteiger partial charge in [0.25, 0.3) is 0 Å². The first-order chi connectivity index (χ1) is 13.7. The molecule has 0 bridgehead atoms. The first kappa shape index (κ1) is 18.3. The van der Waals surface area contributed by atoms with Crippen LogP contribution in [0.1, 0.15) is 29.7 Å². The van der Waals surface area contributed by atoms with Crippen LogP contribution in [0.3, 0.4) is 0 Å². The van der Waals surface area contributed by atoms with Gasteiger partial charge in [-0.2, -0.15) is 0 Å². The average Bonchev–Trinajstić information content (AvgIpc) is 2.74. The number of hydrogen-bond acceptors (Lipinski definition) is 4. The van der Waals surface area contributed by atoms with E-state index >= 15 is 0 Å². The van der Waals surface area contributed by atoms with Crippen LogP contribution < -0.4 is 5.32 Å². The molecule has 0 radical (unpaired) electrons. The zero-order chi connectivity index (χ0) is 19.5. The Balaban J connectivity index is 1.86. The van der Waals surface area contributed by atoms with E-state index in [-0.39, 0.29) is 11.8 Å². The standard InChI is InChI=1S/C23H20ClN3O/c1-2-15-11-13-25-20(14-15)27-22(17-7-3-4-8-19(17)24)18-10-9-16-6-5-12-26-21(16)23(18)28/h3-14,22,28H,2H2,1H3,(H,25,27). The predicted octanol–water partition coefficient (Wildman–Crippen LogP) is 5.75.